The number of nitrogens with zero attached hydrogens (tertiary/aromatic N) is 1. The zero-order chi connectivity index (χ0) is 14.8. The molecule has 20 heavy (non-hydrogen) atoms. The van der Waals surface area contributed by atoms with Crippen molar-refractivity contribution in [3.63, 3.8) is 0 Å². The van der Waals surface area contributed by atoms with E-state index < -0.39 is 5.97 Å². The molecule has 0 radical (unpaired) electrons. The van der Waals surface area contributed by atoms with E-state index in [1.807, 2.05) is 12.1 Å². The van der Waals surface area contributed by atoms with Crippen LogP contribution in [0.3, 0.4) is 0 Å². The number of rotatable bonds is 3. The minimum atomic E-state index is -0.464. The first-order valence-corrected chi connectivity index (χ1v) is 6.66. The Balaban J connectivity index is 2.22. The van der Waals surface area contributed by atoms with Gasteiger partial charge < -0.3 is 9.26 Å². The van der Waals surface area contributed by atoms with Crippen molar-refractivity contribution in [2.75, 3.05) is 6.61 Å². The van der Waals surface area contributed by atoms with E-state index in [1.165, 1.54) is 5.56 Å². The molecule has 1 aromatic heterocycles. The van der Waals surface area contributed by atoms with Crippen molar-refractivity contribution in [2.24, 2.45) is 0 Å². The zero-order valence-corrected chi connectivity index (χ0v) is 12.3. The maximum Gasteiger partial charge on any atom is 0.360 e. The van der Waals surface area contributed by atoms with Gasteiger partial charge in [-0.2, -0.15) is 0 Å². The quantitative estimate of drug-likeness (QED) is 0.798. The van der Waals surface area contributed by atoms with Gasteiger partial charge in [-0.3, -0.25) is 0 Å². The molecule has 0 atom stereocenters. The third-order valence-electron chi connectivity index (χ3n) is 3.03. The van der Waals surface area contributed by atoms with Gasteiger partial charge in [0.05, 0.1) is 6.61 Å². The van der Waals surface area contributed by atoms with E-state index in [1.54, 1.807) is 13.0 Å². The average molecular weight is 273 g/mol. The molecule has 0 aliphatic carbocycles. The highest BCUT2D eigenvalue weighted by Crippen LogP contribution is 2.26. The van der Waals surface area contributed by atoms with Crippen LogP contribution in [0.1, 0.15) is 43.7 Å². The van der Waals surface area contributed by atoms with Crippen molar-refractivity contribution < 1.29 is 14.1 Å². The molecule has 4 nitrogen and oxygen atoms in total. The Labute approximate surface area is 118 Å². The second kappa shape index (κ2) is 5.49. The van der Waals surface area contributed by atoms with Crippen LogP contribution in [-0.4, -0.2) is 17.7 Å². The largest absolute Gasteiger partial charge is 0.461 e. The van der Waals surface area contributed by atoms with Crippen molar-refractivity contribution in [1.82, 2.24) is 5.16 Å². The number of carbonyl (C=O) groups excluding carboxylic acids is 1. The van der Waals surface area contributed by atoms with Gasteiger partial charge in [0.25, 0.3) is 0 Å². The summed E-state index contributed by atoms with van der Waals surface area (Å²) < 4.78 is 10.1. The van der Waals surface area contributed by atoms with Crippen molar-refractivity contribution in [3.8, 4) is 11.3 Å². The second-order valence-corrected chi connectivity index (χ2v) is 5.62. The Bertz CT molecular complexity index is 591. The lowest BCUT2D eigenvalue weighted by molar-refractivity contribution is 0.0514. The second-order valence-electron chi connectivity index (χ2n) is 5.62. The summed E-state index contributed by atoms with van der Waals surface area (Å²) >= 11 is 0. The van der Waals surface area contributed by atoms with Crippen molar-refractivity contribution >= 4 is 5.97 Å². The number of hydrogen-bond acceptors (Lipinski definition) is 4. The lowest BCUT2D eigenvalue weighted by Gasteiger charge is -2.18. The Morgan fingerprint density at radius 1 is 1.25 bits per heavy atom. The summed E-state index contributed by atoms with van der Waals surface area (Å²) in [6, 6.07) is 9.65. The van der Waals surface area contributed by atoms with E-state index in [-0.39, 0.29) is 11.1 Å². The third kappa shape index (κ3) is 3.07. The number of esters is 1. The van der Waals surface area contributed by atoms with E-state index in [9.17, 15) is 4.79 Å². The first-order chi connectivity index (χ1) is 9.41. The minimum absolute atomic E-state index is 0.107. The van der Waals surface area contributed by atoms with Gasteiger partial charge in [0, 0.05) is 11.6 Å². The van der Waals surface area contributed by atoms with Crippen LogP contribution in [0.15, 0.2) is 34.9 Å². The Hall–Kier alpha value is -2.10. The van der Waals surface area contributed by atoms with Crippen LogP contribution >= 0.6 is 0 Å². The number of ether oxygens (including phenoxy) is 1. The summed E-state index contributed by atoms with van der Waals surface area (Å²) in [5, 5.41) is 3.73. The van der Waals surface area contributed by atoms with Gasteiger partial charge in [-0.05, 0) is 17.9 Å². The Morgan fingerprint density at radius 3 is 2.45 bits per heavy atom. The van der Waals surface area contributed by atoms with Crippen LogP contribution in [-0.2, 0) is 10.2 Å². The lowest BCUT2D eigenvalue weighted by Crippen LogP contribution is -2.10. The molecule has 0 spiro atoms. The zero-order valence-electron chi connectivity index (χ0n) is 12.3. The van der Waals surface area contributed by atoms with E-state index in [4.69, 9.17) is 9.26 Å². The molecule has 0 N–H and O–H groups in total. The molecule has 2 rings (SSSR count). The highest BCUT2D eigenvalue weighted by Gasteiger charge is 2.16. The number of carbonyl (C=O) groups is 1. The van der Waals surface area contributed by atoms with Crippen LogP contribution in [0.2, 0.25) is 0 Å². The third-order valence-corrected chi connectivity index (χ3v) is 3.03. The fourth-order valence-corrected chi connectivity index (χ4v) is 1.85. The molecule has 4 heteroatoms. The van der Waals surface area contributed by atoms with Crippen LogP contribution < -0.4 is 0 Å². The predicted octanol–water partition coefficient (Wildman–Crippen LogP) is 3.82. The van der Waals surface area contributed by atoms with E-state index in [0.717, 1.165) is 5.56 Å². The highest BCUT2D eigenvalue weighted by atomic mass is 16.5. The molecule has 0 bridgehead atoms. The van der Waals surface area contributed by atoms with E-state index in [0.29, 0.717) is 12.4 Å². The molecule has 0 fully saturated rings. The van der Waals surface area contributed by atoms with Crippen LogP contribution in [0.5, 0.6) is 0 Å². The van der Waals surface area contributed by atoms with Crippen molar-refractivity contribution in [2.45, 2.75) is 33.1 Å². The molecule has 0 unspecified atom stereocenters. The predicted molar refractivity (Wildman–Crippen MR) is 76.6 cm³/mol. The number of hydrogen-bond donors (Lipinski definition) is 0. The molecule has 106 valence electrons. The smallest absolute Gasteiger partial charge is 0.360 e. The fraction of sp³-hybridized carbons (Fsp3) is 0.375. The van der Waals surface area contributed by atoms with E-state index >= 15 is 0 Å². The monoisotopic (exact) mass is 273 g/mol. The first kappa shape index (κ1) is 14.3. The Kier molecular flexibility index (Phi) is 3.93. The topological polar surface area (TPSA) is 52.3 Å². The van der Waals surface area contributed by atoms with Crippen LogP contribution in [0.25, 0.3) is 11.3 Å². The summed E-state index contributed by atoms with van der Waals surface area (Å²) in [4.78, 5) is 11.5. The van der Waals surface area contributed by atoms with E-state index in [2.05, 4.69) is 38.1 Å². The normalized spacial score (nSPS) is 11.4. The average Bonchev–Trinajstić information content (AvgIpc) is 2.88. The van der Waals surface area contributed by atoms with Crippen LogP contribution in [0.4, 0.5) is 0 Å². The SMILES string of the molecule is CCOC(=O)c1cc(-c2ccc(C(C)(C)C)cc2)on1. The van der Waals surface area contributed by atoms with Crippen molar-refractivity contribution in [3.05, 3.63) is 41.6 Å². The van der Waals surface area contributed by atoms with Gasteiger partial charge in [-0.1, -0.05) is 50.2 Å². The lowest BCUT2D eigenvalue weighted by atomic mass is 9.86. The summed E-state index contributed by atoms with van der Waals surface area (Å²) in [6.07, 6.45) is 0. The molecule has 2 aromatic rings. The van der Waals surface area contributed by atoms with Gasteiger partial charge in [-0.25, -0.2) is 4.79 Å². The maximum atomic E-state index is 11.5. The van der Waals surface area contributed by atoms with Gasteiger partial charge >= 0.3 is 5.97 Å². The van der Waals surface area contributed by atoms with Gasteiger partial charge in [0.1, 0.15) is 0 Å². The molecular formula is C16H19NO3. The molecule has 1 aromatic carbocycles. The molecule has 0 aliphatic heterocycles. The molecule has 0 saturated carbocycles. The summed E-state index contributed by atoms with van der Waals surface area (Å²) in [7, 11) is 0. The number of benzene rings is 1. The molecule has 0 saturated heterocycles. The fourth-order valence-electron chi connectivity index (χ4n) is 1.85. The van der Waals surface area contributed by atoms with Crippen molar-refractivity contribution in [1.29, 1.82) is 0 Å². The minimum Gasteiger partial charge on any atom is -0.461 e. The number of aromatic nitrogens is 1. The Morgan fingerprint density at radius 2 is 1.90 bits per heavy atom. The summed E-state index contributed by atoms with van der Waals surface area (Å²) in [5.74, 6) is 0.0994. The molecule has 1 heterocycles. The first-order valence-electron chi connectivity index (χ1n) is 6.66. The molecule has 0 aliphatic rings. The van der Waals surface area contributed by atoms with Crippen LogP contribution in [0, 0.1) is 0 Å². The summed E-state index contributed by atoms with van der Waals surface area (Å²) in [5.41, 5.74) is 2.44. The standard InChI is InChI=1S/C16H19NO3/c1-5-19-15(18)13-10-14(20-17-13)11-6-8-12(9-7-11)16(2,3)4/h6-10H,5H2,1-4H3. The summed E-state index contributed by atoms with van der Waals surface area (Å²) in [6.45, 7) is 8.56. The van der Waals surface area contributed by atoms with Gasteiger partial charge in [-0.15, -0.1) is 0 Å². The molecule has 0 amide bonds. The van der Waals surface area contributed by atoms with Gasteiger partial charge in [0.15, 0.2) is 11.5 Å². The maximum absolute atomic E-state index is 11.5. The van der Waals surface area contributed by atoms with Gasteiger partial charge in [0.2, 0.25) is 0 Å². The molecular weight excluding hydrogens is 254 g/mol. The highest BCUT2D eigenvalue weighted by molar-refractivity contribution is 5.88.